The Morgan fingerprint density at radius 2 is 2.03 bits per heavy atom. The summed E-state index contributed by atoms with van der Waals surface area (Å²) < 4.78 is 11.3. The molecule has 0 radical (unpaired) electrons. The third-order valence-electron chi connectivity index (χ3n) is 6.25. The molecule has 3 aromatic heterocycles. The van der Waals surface area contributed by atoms with E-state index in [1.165, 1.54) is 0 Å². The van der Waals surface area contributed by atoms with Crippen molar-refractivity contribution in [2.24, 2.45) is 0 Å². The lowest BCUT2D eigenvalue weighted by atomic mass is 9.98. The topological polar surface area (TPSA) is 92.3 Å². The van der Waals surface area contributed by atoms with Crippen LogP contribution >= 0.6 is 0 Å². The van der Waals surface area contributed by atoms with Crippen LogP contribution < -0.4 is 5.63 Å². The molecule has 1 aliphatic heterocycles. The first-order chi connectivity index (χ1) is 14.4. The number of carbonyl (C=O) groups is 1. The fourth-order valence-corrected chi connectivity index (χ4v) is 4.42. The van der Waals surface area contributed by atoms with Crippen molar-refractivity contribution >= 4 is 27.8 Å². The third-order valence-corrected chi connectivity index (χ3v) is 6.25. The second-order valence-electron chi connectivity index (χ2n) is 8.06. The van der Waals surface area contributed by atoms with Crippen LogP contribution in [0.2, 0.25) is 0 Å². The van der Waals surface area contributed by atoms with Crippen molar-refractivity contribution in [2.75, 3.05) is 6.54 Å². The molecule has 0 bridgehead atoms. The zero-order valence-corrected chi connectivity index (χ0v) is 17.3. The van der Waals surface area contributed by atoms with Gasteiger partial charge in [-0.2, -0.15) is 0 Å². The van der Waals surface area contributed by atoms with Gasteiger partial charge >= 0.3 is 5.63 Å². The van der Waals surface area contributed by atoms with E-state index in [4.69, 9.17) is 8.83 Å². The number of aryl methyl sites for hydroxylation is 3. The average Bonchev–Trinajstić information content (AvgIpc) is 3.35. The van der Waals surface area contributed by atoms with Gasteiger partial charge in [0.25, 0.3) is 0 Å². The molecule has 1 aromatic carbocycles. The monoisotopic (exact) mass is 405 g/mol. The molecular weight excluding hydrogens is 382 g/mol. The minimum Gasteiger partial charge on any atom is -0.464 e. The number of hydrogen-bond acceptors (Lipinski definition) is 5. The Morgan fingerprint density at radius 3 is 2.87 bits per heavy atom. The van der Waals surface area contributed by atoms with Crippen molar-refractivity contribution < 1.29 is 13.6 Å². The Labute approximate surface area is 172 Å². The molecule has 4 heterocycles. The van der Waals surface area contributed by atoms with Crippen LogP contribution in [0.1, 0.15) is 40.1 Å². The number of H-pyrrole nitrogens is 1. The number of hydrogen-bond donors (Lipinski definition) is 1. The lowest BCUT2D eigenvalue weighted by Gasteiger charge is -2.26. The van der Waals surface area contributed by atoms with Gasteiger partial charge in [0.05, 0.1) is 30.5 Å². The first-order valence-corrected chi connectivity index (χ1v) is 10.2. The van der Waals surface area contributed by atoms with Gasteiger partial charge in [-0.15, -0.1) is 0 Å². The van der Waals surface area contributed by atoms with Crippen LogP contribution in [-0.4, -0.2) is 27.3 Å². The van der Waals surface area contributed by atoms with E-state index in [9.17, 15) is 9.59 Å². The van der Waals surface area contributed by atoms with Gasteiger partial charge in [-0.1, -0.05) is 0 Å². The number of amides is 1. The van der Waals surface area contributed by atoms with Crippen LogP contribution in [0.5, 0.6) is 0 Å². The van der Waals surface area contributed by atoms with Gasteiger partial charge < -0.3 is 18.7 Å². The quantitative estimate of drug-likeness (QED) is 0.525. The van der Waals surface area contributed by atoms with Crippen LogP contribution in [0.4, 0.5) is 0 Å². The Morgan fingerprint density at radius 1 is 1.20 bits per heavy atom. The maximum absolute atomic E-state index is 12.8. The molecule has 7 heteroatoms. The Hall–Kier alpha value is -3.35. The molecule has 0 spiro atoms. The predicted octanol–water partition coefficient (Wildman–Crippen LogP) is 3.71. The first kappa shape index (κ1) is 18.7. The number of carbonyl (C=O) groups excluding carboxylic acids is 1. The molecule has 0 unspecified atom stereocenters. The summed E-state index contributed by atoms with van der Waals surface area (Å²) in [6, 6.07) is 2.02. The minimum atomic E-state index is -0.381. The molecule has 0 saturated carbocycles. The van der Waals surface area contributed by atoms with Crippen molar-refractivity contribution in [3.05, 3.63) is 62.7 Å². The lowest BCUT2D eigenvalue weighted by Crippen LogP contribution is -2.36. The van der Waals surface area contributed by atoms with E-state index >= 15 is 0 Å². The summed E-state index contributed by atoms with van der Waals surface area (Å²) in [7, 11) is 0. The van der Waals surface area contributed by atoms with Crippen molar-refractivity contribution in [2.45, 2.75) is 46.6 Å². The minimum absolute atomic E-state index is 0.0338. The average molecular weight is 405 g/mol. The molecule has 1 aliphatic rings. The van der Waals surface area contributed by atoms with E-state index in [2.05, 4.69) is 9.97 Å². The van der Waals surface area contributed by atoms with Crippen molar-refractivity contribution in [1.82, 2.24) is 14.9 Å². The highest BCUT2D eigenvalue weighted by Gasteiger charge is 2.23. The van der Waals surface area contributed by atoms with E-state index in [0.29, 0.717) is 30.7 Å². The van der Waals surface area contributed by atoms with Crippen LogP contribution in [0.3, 0.4) is 0 Å². The third kappa shape index (κ3) is 2.84. The summed E-state index contributed by atoms with van der Waals surface area (Å²) in [6.45, 7) is 7.01. The van der Waals surface area contributed by atoms with E-state index in [-0.39, 0.29) is 18.0 Å². The predicted molar refractivity (Wildman–Crippen MR) is 112 cm³/mol. The second-order valence-corrected chi connectivity index (χ2v) is 8.06. The number of benzene rings is 1. The Balaban J connectivity index is 1.44. The van der Waals surface area contributed by atoms with Crippen LogP contribution in [-0.2, 0) is 24.2 Å². The van der Waals surface area contributed by atoms with Crippen LogP contribution in [0.15, 0.2) is 32.3 Å². The van der Waals surface area contributed by atoms with Crippen LogP contribution in [0, 0.1) is 20.8 Å². The van der Waals surface area contributed by atoms with Crippen LogP contribution in [0.25, 0.3) is 21.9 Å². The molecule has 0 saturated heterocycles. The number of nitrogens with zero attached hydrogens (tertiary/aromatic N) is 2. The van der Waals surface area contributed by atoms with Gasteiger partial charge in [-0.05, 0) is 44.4 Å². The molecule has 0 fully saturated rings. The molecule has 30 heavy (non-hydrogen) atoms. The first-order valence-electron chi connectivity index (χ1n) is 10.2. The summed E-state index contributed by atoms with van der Waals surface area (Å²) in [4.78, 5) is 34.7. The molecule has 1 N–H and O–H groups in total. The van der Waals surface area contributed by atoms with E-state index < -0.39 is 0 Å². The summed E-state index contributed by atoms with van der Waals surface area (Å²) in [6.07, 6.45) is 4.76. The van der Waals surface area contributed by atoms with E-state index in [1.807, 2.05) is 31.7 Å². The number of aromatic amines is 1. The van der Waals surface area contributed by atoms with E-state index in [0.717, 1.165) is 50.9 Å². The van der Waals surface area contributed by atoms with Crippen molar-refractivity contribution in [3.63, 3.8) is 0 Å². The molecule has 0 aliphatic carbocycles. The standard InChI is InChI=1S/C23H23N3O4/c1-12-10-29-21-14(3)22-17(8-16(12)21)13(2)15(23(28)30-22)4-5-20(27)26-7-6-18-19(9-26)25-11-24-18/h8,10-11H,4-7,9H2,1-3H3,(H,24,25). The Kier molecular flexibility index (Phi) is 4.27. The molecule has 4 aromatic rings. The molecule has 5 rings (SSSR count). The maximum atomic E-state index is 12.8. The van der Waals surface area contributed by atoms with Gasteiger partial charge in [0.2, 0.25) is 5.91 Å². The molecule has 154 valence electrons. The van der Waals surface area contributed by atoms with Gasteiger partial charge in [0.15, 0.2) is 0 Å². The zero-order chi connectivity index (χ0) is 21.0. The van der Waals surface area contributed by atoms with Gasteiger partial charge in [-0.3, -0.25) is 4.79 Å². The highest BCUT2D eigenvalue weighted by Crippen LogP contribution is 2.32. The lowest BCUT2D eigenvalue weighted by molar-refractivity contribution is -0.132. The Bertz CT molecular complexity index is 1360. The number of fused-ring (bicyclic) bond motifs is 3. The van der Waals surface area contributed by atoms with E-state index in [1.54, 1.807) is 12.6 Å². The zero-order valence-electron chi connectivity index (χ0n) is 17.3. The summed E-state index contributed by atoms with van der Waals surface area (Å²) in [5.41, 5.74) is 6.23. The summed E-state index contributed by atoms with van der Waals surface area (Å²) >= 11 is 0. The van der Waals surface area contributed by atoms with Crippen molar-refractivity contribution in [3.8, 4) is 0 Å². The number of imidazole rings is 1. The number of aromatic nitrogens is 2. The smallest absolute Gasteiger partial charge is 0.339 e. The molecule has 1 amide bonds. The second kappa shape index (κ2) is 6.86. The number of furan rings is 1. The highest BCUT2D eigenvalue weighted by atomic mass is 16.4. The summed E-state index contributed by atoms with van der Waals surface area (Å²) in [5.74, 6) is 0.0338. The SMILES string of the molecule is Cc1coc2c(C)c3oc(=O)c(CCC(=O)N4CCc5nc[nH]c5C4)c(C)c3cc12. The largest absolute Gasteiger partial charge is 0.464 e. The highest BCUT2D eigenvalue weighted by molar-refractivity contribution is 5.99. The normalized spacial score (nSPS) is 13.9. The summed E-state index contributed by atoms with van der Waals surface area (Å²) in [5, 5.41) is 1.91. The molecular formula is C23H23N3O4. The van der Waals surface area contributed by atoms with Gasteiger partial charge in [0, 0.05) is 41.3 Å². The fraction of sp³-hybridized carbons (Fsp3) is 0.348. The van der Waals surface area contributed by atoms with Gasteiger partial charge in [0.1, 0.15) is 11.2 Å². The maximum Gasteiger partial charge on any atom is 0.339 e. The van der Waals surface area contributed by atoms with Gasteiger partial charge in [-0.25, -0.2) is 9.78 Å². The number of rotatable bonds is 3. The molecule has 7 nitrogen and oxygen atoms in total. The van der Waals surface area contributed by atoms with Crippen molar-refractivity contribution in [1.29, 1.82) is 0 Å². The number of nitrogens with one attached hydrogen (secondary N) is 1. The fourth-order valence-electron chi connectivity index (χ4n) is 4.42. The molecule has 0 atom stereocenters.